The van der Waals surface area contributed by atoms with E-state index in [0.717, 1.165) is 5.00 Å². The number of rotatable bonds is 7. The highest BCUT2D eigenvalue weighted by atomic mass is 32.1. The molecular formula is C13H19N5O2S. The highest BCUT2D eigenvalue weighted by Crippen LogP contribution is 2.42. The van der Waals surface area contributed by atoms with E-state index in [9.17, 15) is 4.79 Å². The van der Waals surface area contributed by atoms with Crippen LogP contribution in [0.1, 0.15) is 16.6 Å². The van der Waals surface area contributed by atoms with Crippen LogP contribution in [0.25, 0.3) is 0 Å². The molecule has 0 aliphatic heterocycles. The lowest BCUT2D eigenvalue weighted by molar-refractivity contribution is 0.0960. The number of carbonyl (C=O) groups is 1. The zero-order valence-corrected chi connectivity index (χ0v) is 12.9. The number of nitrogen functional groups attached to an aromatic ring is 1. The van der Waals surface area contributed by atoms with Crippen molar-refractivity contribution in [2.75, 3.05) is 31.2 Å². The van der Waals surface area contributed by atoms with Gasteiger partial charge in [0.2, 0.25) is 0 Å². The zero-order valence-electron chi connectivity index (χ0n) is 12.0. The van der Waals surface area contributed by atoms with Gasteiger partial charge in [-0.2, -0.15) is 5.10 Å². The molecule has 0 bridgehead atoms. The molecule has 0 aliphatic carbocycles. The lowest BCUT2D eigenvalue weighted by Crippen LogP contribution is -2.22. The number of nitrogens with two attached hydrogens (primary N) is 1. The van der Waals surface area contributed by atoms with Gasteiger partial charge in [-0.15, -0.1) is 11.3 Å². The van der Waals surface area contributed by atoms with Crippen LogP contribution < -0.4 is 21.1 Å². The van der Waals surface area contributed by atoms with Gasteiger partial charge in [0.15, 0.2) is 5.75 Å². The Bertz CT molecular complexity index is 594. The minimum atomic E-state index is -0.182. The molecule has 8 heteroatoms. The Kier molecular flexibility index (Phi) is 5.04. The molecule has 0 aromatic carbocycles. The van der Waals surface area contributed by atoms with E-state index >= 15 is 0 Å². The number of hydrogen-bond acceptors (Lipinski definition) is 6. The van der Waals surface area contributed by atoms with Gasteiger partial charge in [0.05, 0.1) is 13.7 Å². The minimum absolute atomic E-state index is 0.182. The lowest BCUT2D eigenvalue weighted by atomic mass is 10.3. The Morgan fingerprint density at radius 1 is 1.57 bits per heavy atom. The molecule has 0 unspecified atom stereocenters. The number of aromatic nitrogens is 2. The number of amides is 1. The molecule has 2 aromatic rings. The quantitative estimate of drug-likeness (QED) is 0.718. The van der Waals surface area contributed by atoms with Crippen molar-refractivity contribution in [2.24, 2.45) is 0 Å². The summed E-state index contributed by atoms with van der Waals surface area (Å²) in [6, 6.07) is 1.87. The van der Waals surface area contributed by atoms with E-state index < -0.39 is 0 Å². The van der Waals surface area contributed by atoms with E-state index in [-0.39, 0.29) is 5.91 Å². The molecule has 114 valence electrons. The Labute approximate surface area is 127 Å². The molecule has 7 nitrogen and oxygen atoms in total. The second-order valence-corrected chi connectivity index (χ2v) is 5.28. The summed E-state index contributed by atoms with van der Waals surface area (Å²) >= 11 is 1.29. The van der Waals surface area contributed by atoms with Crippen molar-refractivity contribution in [1.82, 2.24) is 15.1 Å². The summed E-state index contributed by atoms with van der Waals surface area (Å²) < 4.78 is 7.11. The van der Waals surface area contributed by atoms with Crippen LogP contribution >= 0.6 is 11.3 Å². The summed E-state index contributed by atoms with van der Waals surface area (Å²) in [6.45, 7) is 3.79. The highest BCUT2D eigenvalue weighted by Gasteiger charge is 2.21. The molecule has 0 saturated carbocycles. The van der Waals surface area contributed by atoms with E-state index in [4.69, 9.17) is 10.5 Å². The van der Waals surface area contributed by atoms with Crippen molar-refractivity contribution in [3.63, 3.8) is 0 Å². The predicted molar refractivity (Wildman–Crippen MR) is 84.0 cm³/mol. The number of hydrogen-bond donors (Lipinski definition) is 3. The third-order valence-corrected chi connectivity index (χ3v) is 3.98. The highest BCUT2D eigenvalue weighted by molar-refractivity contribution is 7.19. The molecule has 0 atom stereocenters. The molecule has 2 aromatic heterocycles. The van der Waals surface area contributed by atoms with Crippen molar-refractivity contribution in [3.8, 4) is 5.75 Å². The van der Waals surface area contributed by atoms with E-state index in [1.807, 2.05) is 23.9 Å². The maximum atomic E-state index is 11.9. The summed E-state index contributed by atoms with van der Waals surface area (Å²) in [5, 5.41) is 10.9. The zero-order chi connectivity index (χ0) is 15.2. The van der Waals surface area contributed by atoms with E-state index in [1.165, 1.54) is 11.3 Å². The summed E-state index contributed by atoms with van der Waals surface area (Å²) in [5.41, 5.74) is 6.35. The van der Waals surface area contributed by atoms with Crippen molar-refractivity contribution < 1.29 is 9.53 Å². The maximum absolute atomic E-state index is 11.9. The van der Waals surface area contributed by atoms with Gasteiger partial charge >= 0.3 is 0 Å². The van der Waals surface area contributed by atoms with Crippen molar-refractivity contribution >= 4 is 27.9 Å². The van der Waals surface area contributed by atoms with Crippen LogP contribution in [0.15, 0.2) is 18.5 Å². The third-order valence-electron chi connectivity index (χ3n) is 2.83. The van der Waals surface area contributed by atoms with Gasteiger partial charge in [-0.25, -0.2) is 0 Å². The van der Waals surface area contributed by atoms with Gasteiger partial charge in [0.1, 0.15) is 15.6 Å². The Hall–Kier alpha value is -2.22. The van der Waals surface area contributed by atoms with E-state index in [1.54, 1.807) is 13.3 Å². The normalized spacial score (nSPS) is 10.4. The standard InChI is InChI=1S/C13H19N5O2S/c1-3-15-12(19)11-9(14)10(20-2)13(21-11)16-6-8-18-7-4-5-17-18/h4-5,7,16H,3,6,8,14H2,1-2H3,(H,15,19). The number of anilines is 2. The average Bonchev–Trinajstić information content (AvgIpc) is 3.07. The van der Waals surface area contributed by atoms with E-state index in [2.05, 4.69) is 15.7 Å². The molecule has 0 spiro atoms. The van der Waals surface area contributed by atoms with Crippen LogP contribution in [0, 0.1) is 0 Å². The number of ether oxygens (including phenoxy) is 1. The fraction of sp³-hybridized carbons (Fsp3) is 0.385. The molecule has 0 aliphatic rings. The van der Waals surface area contributed by atoms with Crippen molar-refractivity contribution in [2.45, 2.75) is 13.5 Å². The molecule has 1 amide bonds. The Morgan fingerprint density at radius 2 is 2.38 bits per heavy atom. The van der Waals surface area contributed by atoms with E-state index in [0.29, 0.717) is 35.9 Å². The number of carbonyl (C=O) groups excluding carboxylic acids is 1. The molecule has 21 heavy (non-hydrogen) atoms. The molecule has 0 saturated heterocycles. The van der Waals surface area contributed by atoms with Crippen LogP contribution in [0.3, 0.4) is 0 Å². The van der Waals surface area contributed by atoms with Crippen molar-refractivity contribution in [1.29, 1.82) is 0 Å². The second-order valence-electron chi connectivity index (χ2n) is 4.26. The van der Waals surface area contributed by atoms with Crippen LogP contribution in [-0.2, 0) is 6.54 Å². The number of thiophene rings is 1. The molecule has 2 heterocycles. The number of nitrogens with one attached hydrogen (secondary N) is 2. The van der Waals surface area contributed by atoms with Gasteiger partial charge in [-0.1, -0.05) is 0 Å². The van der Waals surface area contributed by atoms with Gasteiger partial charge < -0.3 is 21.1 Å². The largest absolute Gasteiger partial charge is 0.492 e. The van der Waals surface area contributed by atoms with Gasteiger partial charge in [0.25, 0.3) is 5.91 Å². The number of methoxy groups -OCH3 is 1. The third kappa shape index (κ3) is 3.46. The maximum Gasteiger partial charge on any atom is 0.263 e. The Balaban J connectivity index is 2.07. The summed E-state index contributed by atoms with van der Waals surface area (Å²) in [5.74, 6) is 0.333. The number of nitrogens with zero attached hydrogens (tertiary/aromatic N) is 2. The first-order chi connectivity index (χ1) is 10.2. The fourth-order valence-corrected chi connectivity index (χ4v) is 2.91. The monoisotopic (exact) mass is 309 g/mol. The van der Waals surface area contributed by atoms with Crippen LogP contribution in [-0.4, -0.2) is 35.9 Å². The molecule has 0 fully saturated rings. The SMILES string of the molecule is CCNC(=O)c1sc(NCCn2cccn2)c(OC)c1N. The molecule has 2 rings (SSSR count). The topological polar surface area (TPSA) is 94.2 Å². The van der Waals surface area contributed by atoms with Crippen molar-refractivity contribution in [3.05, 3.63) is 23.3 Å². The lowest BCUT2D eigenvalue weighted by Gasteiger charge is -2.07. The minimum Gasteiger partial charge on any atom is -0.492 e. The van der Waals surface area contributed by atoms with Crippen LogP contribution in [0.4, 0.5) is 10.7 Å². The summed E-state index contributed by atoms with van der Waals surface area (Å²) in [7, 11) is 1.54. The first kappa shape index (κ1) is 15.2. The molecular weight excluding hydrogens is 290 g/mol. The van der Waals surface area contributed by atoms with Gasteiger partial charge in [-0.05, 0) is 13.0 Å². The predicted octanol–water partition coefficient (Wildman–Crippen LogP) is 1.40. The van der Waals surface area contributed by atoms with Gasteiger partial charge in [-0.3, -0.25) is 9.48 Å². The first-order valence-corrected chi connectivity index (χ1v) is 7.44. The fourth-order valence-electron chi connectivity index (χ4n) is 1.87. The Morgan fingerprint density at radius 3 is 3.00 bits per heavy atom. The molecule has 4 N–H and O–H groups in total. The summed E-state index contributed by atoms with van der Waals surface area (Å²) in [6.07, 6.45) is 3.62. The van der Waals surface area contributed by atoms with Crippen LogP contribution in [0.5, 0.6) is 5.75 Å². The smallest absolute Gasteiger partial charge is 0.263 e. The van der Waals surface area contributed by atoms with Crippen LogP contribution in [0.2, 0.25) is 0 Å². The average molecular weight is 309 g/mol. The molecule has 0 radical (unpaired) electrons. The second kappa shape index (κ2) is 6.98. The summed E-state index contributed by atoms with van der Waals surface area (Å²) in [4.78, 5) is 12.4. The first-order valence-electron chi connectivity index (χ1n) is 6.63. The van der Waals surface area contributed by atoms with Gasteiger partial charge in [0, 0.05) is 25.5 Å².